The number of hydrogen-bond acceptors (Lipinski definition) is 1. The molecule has 1 aromatic rings. The van der Waals surface area contributed by atoms with E-state index in [-0.39, 0.29) is 0 Å². The standard InChI is InChI=1S/C14H21ClO/c1-10(14(2,3)4)5-6-11-9-12(15)7-8-13(11)16/h7-10,16H,5-6H2,1-4H3. The number of aromatic hydroxyl groups is 1. The highest BCUT2D eigenvalue weighted by Gasteiger charge is 2.19. The number of benzene rings is 1. The zero-order valence-electron chi connectivity index (χ0n) is 10.5. The molecule has 16 heavy (non-hydrogen) atoms. The molecule has 0 aromatic heterocycles. The molecule has 0 amide bonds. The fourth-order valence-electron chi connectivity index (χ4n) is 1.56. The van der Waals surface area contributed by atoms with Crippen molar-refractivity contribution in [3.63, 3.8) is 0 Å². The maximum absolute atomic E-state index is 9.69. The lowest BCUT2D eigenvalue weighted by Gasteiger charge is -2.27. The Morgan fingerprint density at radius 3 is 2.50 bits per heavy atom. The van der Waals surface area contributed by atoms with E-state index in [4.69, 9.17) is 11.6 Å². The van der Waals surface area contributed by atoms with E-state index >= 15 is 0 Å². The Kier molecular flexibility index (Phi) is 4.26. The van der Waals surface area contributed by atoms with Crippen molar-refractivity contribution in [2.24, 2.45) is 11.3 Å². The normalized spacial score (nSPS) is 13.8. The van der Waals surface area contributed by atoms with Gasteiger partial charge in [0, 0.05) is 5.02 Å². The first kappa shape index (κ1) is 13.4. The van der Waals surface area contributed by atoms with Crippen LogP contribution in [0.3, 0.4) is 0 Å². The molecule has 0 aliphatic heterocycles. The van der Waals surface area contributed by atoms with Gasteiger partial charge in [0.15, 0.2) is 0 Å². The van der Waals surface area contributed by atoms with E-state index < -0.39 is 0 Å². The van der Waals surface area contributed by atoms with Crippen LogP contribution in [0.15, 0.2) is 18.2 Å². The second kappa shape index (κ2) is 5.09. The highest BCUT2D eigenvalue weighted by Crippen LogP contribution is 2.31. The number of phenolic OH excluding ortho intramolecular Hbond substituents is 1. The van der Waals surface area contributed by atoms with Crippen molar-refractivity contribution in [3.05, 3.63) is 28.8 Å². The molecule has 0 radical (unpaired) electrons. The molecule has 0 fully saturated rings. The Morgan fingerprint density at radius 1 is 1.31 bits per heavy atom. The van der Waals surface area contributed by atoms with Gasteiger partial charge in [-0.05, 0) is 47.9 Å². The largest absolute Gasteiger partial charge is 0.508 e. The van der Waals surface area contributed by atoms with Crippen molar-refractivity contribution in [2.75, 3.05) is 0 Å². The average molecular weight is 241 g/mol. The summed E-state index contributed by atoms with van der Waals surface area (Å²) in [5.41, 5.74) is 1.26. The zero-order valence-corrected chi connectivity index (χ0v) is 11.3. The van der Waals surface area contributed by atoms with Crippen molar-refractivity contribution < 1.29 is 5.11 Å². The minimum absolute atomic E-state index is 0.314. The molecule has 1 atom stereocenters. The summed E-state index contributed by atoms with van der Waals surface area (Å²) in [6, 6.07) is 5.24. The molecule has 0 spiro atoms. The van der Waals surface area contributed by atoms with Gasteiger partial charge in [0.05, 0.1) is 0 Å². The molecule has 2 heteroatoms. The van der Waals surface area contributed by atoms with Crippen molar-refractivity contribution in [3.8, 4) is 5.75 Å². The molecule has 1 N–H and O–H groups in total. The summed E-state index contributed by atoms with van der Waals surface area (Å²) in [6.07, 6.45) is 1.95. The van der Waals surface area contributed by atoms with Crippen LogP contribution in [0.1, 0.15) is 39.7 Å². The summed E-state index contributed by atoms with van der Waals surface area (Å²) < 4.78 is 0. The molecule has 0 saturated heterocycles. The van der Waals surface area contributed by atoms with Crippen LogP contribution in [0.4, 0.5) is 0 Å². The van der Waals surface area contributed by atoms with E-state index in [1.807, 2.05) is 6.07 Å². The summed E-state index contributed by atoms with van der Waals surface area (Å²) in [5, 5.41) is 10.4. The van der Waals surface area contributed by atoms with Crippen LogP contribution in [0.25, 0.3) is 0 Å². The second-order valence-electron chi connectivity index (χ2n) is 5.58. The number of halogens is 1. The summed E-state index contributed by atoms with van der Waals surface area (Å²) in [6.45, 7) is 8.99. The molecule has 1 unspecified atom stereocenters. The summed E-state index contributed by atoms with van der Waals surface area (Å²) in [7, 11) is 0. The van der Waals surface area contributed by atoms with Crippen molar-refractivity contribution in [1.29, 1.82) is 0 Å². The number of hydrogen-bond donors (Lipinski definition) is 1. The Hall–Kier alpha value is -0.690. The maximum atomic E-state index is 9.69. The fourth-order valence-corrected chi connectivity index (χ4v) is 1.75. The van der Waals surface area contributed by atoms with Gasteiger partial charge in [-0.3, -0.25) is 0 Å². The topological polar surface area (TPSA) is 20.2 Å². The van der Waals surface area contributed by atoms with Crippen LogP contribution in [-0.4, -0.2) is 5.11 Å². The molecule has 0 aliphatic rings. The van der Waals surface area contributed by atoms with Crippen LogP contribution in [-0.2, 0) is 6.42 Å². The van der Waals surface area contributed by atoms with Gasteiger partial charge in [0.2, 0.25) is 0 Å². The predicted octanol–water partition coefficient (Wildman–Crippen LogP) is 4.66. The van der Waals surface area contributed by atoms with Crippen LogP contribution < -0.4 is 0 Å². The van der Waals surface area contributed by atoms with Crippen molar-refractivity contribution >= 4 is 11.6 Å². The highest BCUT2D eigenvalue weighted by atomic mass is 35.5. The lowest BCUT2D eigenvalue weighted by atomic mass is 9.79. The molecule has 1 nitrogen and oxygen atoms in total. The molecule has 0 aliphatic carbocycles. The Labute approximate surface area is 103 Å². The van der Waals surface area contributed by atoms with E-state index in [1.165, 1.54) is 0 Å². The molecule has 1 aromatic carbocycles. The average Bonchev–Trinajstić information content (AvgIpc) is 2.17. The monoisotopic (exact) mass is 240 g/mol. The van der Waals surface area contributed by atoms with Gasteiger partial charge in [-0.2, -0.15) is 0 Å². The van der Waals surface area contributed by atoms with E-state index in [0.717, 1.165) is 18.4 Å². The SMILES string of the molecule is CC(CCc1cc(Cl)ccc1O)C(C)(C)C. The predicted molar refractivity (Wildman–Crippen MR) is 70.1 cm³/mol. The van der Waals surface area contributed by atoms with Gasteiger partial charge in [-0.25, -0.2) is 0 Å². The van der Waals surface area contributed by atoms with Gasteiger partial charge in [0.25, 0.3) is 0 Å². The zero-order chi connectivity index (χ0) is 12.3. The lowest BCUT2D eigenvalue weighted by molar-refractivity contribution is 0.246. The van der Waals surface area contributed by atoms with Gasteiger partial charge in [-0.15, -0.1) is 0 Å². The Morgan fingerprint density at radius 2 is 1.94 bits per heavy atom. The van der Waals surface area contributed by atoms with E-state index in [0.29, 0.717) is 22.1 Å². The van der Waals surface area contributed by atoms with Gasteiger partial charge >= 0.3 is 0 Å². The van der Waals surface area contributed by atoms with Crippen LogP contribution in [0.5, 0.6) is 5.75 Å². The van der Waals surface area contributed by atoms with Gasteiger partial charge in [-0.1, -0.05) is 39.3 Å². The van der Waals surface area contributed by atoms with Gasteiger partial charge < -0.3 is 5.11 Å². The maximum Gasteiger partial charge on any atom is 0.118 e. The third kappa shape index (κ3) is 3.71. The Balaban J connectivity index is 2.64. The van der Waals surface area contributed by atoms with E-state index in [9.17, 15) is 5.11 Å². The molecule has 0 bridgehead atoms. The fraction of sp³-hybridized carbons (Fsp3) is 0.571. The second-order valence-corrected chi connectivity index (χ2v) is 6.02. The molecular formula is C14H21ClO. The Bertz CT molecular complexity index is 352. The smallest absolute Gasteiger partial charge is 0.118 e. The van der Waals surface area contributed by atoms with Crippen molar-refractivity contribution in [1.82, 2.24) is 0 Å². The lowest BCUT2D eigenvalue weighted by Crippen LogP contribution is -2.17. The molecular weight excluding hydrogens is 220 g/mol. The molecule has 0 heterocycles. The van der Waals surface area contributed by atoms with E-state index in [2.05, 4.69) is 27.7 Å². The summed E-state index contributed by atoms with van der Waals surface area (Å²) in [4.78, 5) is 0. The third-order valence-electron chi connectivity index (χ3n) is 3.37. The first-order chi connectivity index (χ1) is 7.30. The minimum Gasteiger partial charge on any atom is -0.508 e. The number of phenols is 1. The highest BCUT2D eigenvalue weighted by molar-refractivity contribution is 6.30. The van der Waals surface area contributed by atoms with Crippen molar-refractivity contribution in [2.45, 2.75) is 40.5 Å². The molecule has 0 saturated carbocycles. The molecule has 90 valence electrons. The van der Waals surface area contributed by atoms with Crippen LogP contribution >= 0.6 is 11.6 Å². The summed E-state index contributed by atoms with van der Waals surface area (Å²) >= 11 is 5.91. The van der Waals surface area contributed by atoms with Crippen LogP contribution in [0, 0.1) is 11.3 Å². The molecule has 1 rings (SSSR count). The van der Waals surface area contributed by atoms with Gasteiger partial charge in [0.1, 0.15) is 5.75 Å². The first-order valence-corrected chi connectivity index (χ1v) is 6.16. The van der Waals surface area contributed by atoms with Crippen LogP contribution in [0.2, 0.25) is 5.02 Å². The third-order valence-corrected chi connectivity index (χ3v) is 3.60. The van der Waals surface area contributed by atoms with E-state index in [1.54, 1.807) is 12.1 Å². The number of aryl methyl sites for hydroxylation is 1. The minimum atomic E-state index is 0.314. The number of rotatable bonds is 3. The summed E-state index contributed by atoms with van der Waals surface area (Å²) in [5.74, 6) is 0.969. The quantitative estimate of drug-likeness (QED) is 0.815. The first-order valence-electron chi connectivity index (χ1n) is 5.78.